The highest BCUT2D eigenvalue weighted by Gasteiger charge is 2.24. The number of aromatic nitrogens is 1. The highest BCUT2D eigenvalue weighted by atomic mass is 19.1. The lowest BCUT2D eigenvalue weighted by molar-refractivity contribution is -0.660. The van der Waals surface area contributed by atoms with Crippen molar-refractivity contribution >= 4 is 21.9 Å². The summed E-state index contributed by atoms with van der Waals surface area (Å²) in [6.45, 7) is 2.01. The Morgan fingerprint density at radius 1 is 0.875 bits per heavy atom. The van der Waals surface area contributed by atoms with Crippen LogP contribution < -0.4 is 4.57 Å². The zero-order valence-electron chi connectivity index (χ0n) is 22.0. The number of hydrogen-bond acceptors (Lipinski definition) is 1. The van der Waals surface area contributed by atoms with Crippen LogP contribution in [-0.2, 0) is 19.8 Å². The molecule has 2 heterocycles. The topological polar surface area (TPSA) is 17.0 Å². The molecule has 0 radical (unpaired) electrons. The Morgan fingerprint density at radius 2 is 1.66 bits per heavy atom. The van der Waals surface area contributed by atoms with Gasteiger partial charge in [0.1, 0.15) is 24.0 Å². The summed E-state index contributed by atoms with van der Waals surface area (Å²) in [5.41, 5.74) is 4.87. The molecule has 0 unspecified atom stereocenters. The minimum absolute atomic E-state index is 0.0234. The first kappa shape index (κ1) is 15.4. The van der Waals surface area contributed by atoms with Crippen molar-refractivity contribution < 1.29 is 18.9 Å². The van der Waals surface area contributed by atoms with Crippen molar-refractivity contribution in [1.82, 2.24) is 0 Å². The highest BCUT2D eigenvalue weighted by Crippen LogP contribution is 2.43. The summed E-state index contributed by atoms with van der Waals surface area (Å²) in [6.07, 6.45) is -1.42. The Balaban J connectivity index is 1.73. The number of rotatable bonds is 2. The third kappa shape index (κ3) is 2.81. The smallest absolute Gasteiger partial charge is 0.216 e. The summed E-state index contributed by atoms with van der Waals surface area (Å²) in [5.74, 6) is -0.527. The zero-order valence-corrected chi connectivity index (χ0v) is 18.0. The number of pyridine rings is 1. The molecule has 0 saturated carbocycles. The second-order valence-electron chi connectivity index (χ2n) is 8.31. The summed E-state index contributed by atoms with van der Waals surface area (Å²) >= 11 is 0. The van der Waals surface area contributed by atoms with Crippen molar-refractivity contribution in [3.05, 3.63) is 89.4 Å². The van der Waals surface area contributed by atoms with Gasteiger partial charge in [0, 0.05) is 28.4 Å². The lowest BCUT2D eigenvalue weighted by Gasteiger charge is -2.19. The average Bonchev–Trinajstić information content (AvgIpc) is 3.21. The number of hydrogen-bond donors (Lipinski definition) is 0. The van der Waals surface area contributed by atoms with E-state index in [1.165, 1.54) is 6.07 Å². The quantitative estimate of drug-likeness (QED) is 0.276. The molecule has 0 atom stereocenters. The SMILES string of the molecule is [2H]C1([2H])CCC([2H])([2H])c2c(-c3c(F)ccc4c3oc3c(-c5cccc[n+]5C)c(C)ccc34)cccc21. The van der Waals surface area contributed by atoms with Crippen LogP contribution in [0.2, 0.25) is 0 Å². The lowest BCUT2D eigenvalue weighted by Crippen LogP contribution is -2.30. The van der Waals surface area contributed by atoms with Gasteiger partial charge in [-0.1, -0.05) is 30.3 Å². The molecule has 6 rings (SSSR count). The highest BCUT2D eigenvalue weighted by molar-refractivity contribution is 6.13. The van der Waals surface area contributed by atoms with Crippen molar-refractivity contribution in [3.8, 4) is 22.4 Å². The van der Waals surface area contributed by atoms with Gasteiger partial charge in [0.05, 0.1) is 11.1 Å². The molecule has 0 aliphatic heterocycles. The zero-order chi connectivity index (χ0) is 25.4. The minimum atomic E-state index is -1.79. The molecule has 0 saturated heterocycles. The molecule has 1 aliphatic carbocycles. The third-order valence-corrected chi connectivity index (χ3v) is 6.35. The summed E-state index contributed by atoms with van der Waals surface area (Å²) in [7, 11) is 1.97. The van der Waals surface area contributed by atoms with Crippen LogP contribution in [0.1, 0.15) is 35.0 Å². The molecule has 1 aliphatic rings. The van der Waals surface area contributed by atoms with Gasteiger partial charge < -0.3 is 4.42 Å². The molecule has 2 nitrogen and oxygen atoms in total. The fourth-order valence-electron chi connectivity index (χ4n) is 4.81. The summed E-state index contributed by atoms with van der Waals surface area (Å²) in [5, 5.41) is 1.58. The molecule has 2 aromatic heterocycles. The van der Waals surface area contributed by atoms with E-state index in [-0.39, 0.29) is 29.5 Å². The van der Waals surface area contributed by atoms with E-state index in [4.69, 9.17) is 9.90 Å². The molecule has 3 aromatic carbocycles. The molecule has 0 bridgehead atoms. The maximum Gasteiger partial charge on any atom is 0.216 e. The number of fused-ring (bicyclic) bond motifs is 4. The second kappa shape index (κ2) is 7.30. The summed E-state index contributed by atoms with van der Waals surface area (Å²) < 4.78 is 58.5. The Bertz CT molecular complexity index is 1690. The van der Waals surface area contributed by atoms with Crippen LogP contribution in [0.25, 0.3) is 44.3 Å². The number of benzene rings is 3. The predicted octanol–water partition coefficient (Wildman–Crippen LogP) is 7.07. The van der Waals surface area contributed by atoms with Gasteiger partial charge in [0.15, 0.2) is 6.20 Å². The maximum absolute atomic E-state index is 15.6. The van der Waals surface area contributed by atoms with Crippen molar-refractivity contribution in [1.29, 1.82) is 0 Å². The third-order valence-electron chi connectivity index (χ3n) is 6.35. The van der Waals surface area contributed by atoms with E-state index in [9.17, 15) is 0 Å². The average molecular weight is 427 g/mol. The van der Waals surface area contributed by atoms with Gasteiger partial charge in [-0.05, 0) is 73.0 Å². The monoisotopic (exact) mass is 426 g/mol. The fourth-order valence-corrected chi connectivity index (χ4v) is 4.81. The first-order valence-corrected chi connectivity index (χ1v) is 10.8. The molecule has 158 valence electrons. The van der Waals surface area contributed by atoms with Gasteiger partial charge in [-0.25, -0.2) is 8.96 Å². The fraction of sp³-hybridized carbons (Fsp3) is 0.207. The first-order valence-electron chi connectivity index (χ1n) is 12.8. The van der Waals surface area contributed by atoms with E-state index in [1.807, 2.05) is 55.1 Å². The molecule has 0 fully saturated rings. The van der Waals surface area contributed by atoms with Crippen LogP contribution in [-0.4, -0.2) is 0 Å². The van der Waals surface area contributed by atoms with Crippen LogP contribution in [0, 0.1) is 12.7 Å². The molecule has 3 heteroatoms. The molecular formula is C29H25FNO+. The van der Waals surface area contributed by atoms with Crippen LogP contribution >= 0.6 is 0 Å². The standard InChI is InChI=1S/C29H25FNO/c1-18-13-14-22-23-15-16-24(30)27(21-11-7-9-19-8-3-4-10-20(19)21)29(23)32-28(22)26(18)25-12-5-6-17-31(25)2/h5-7,9,11-17H,3-4,8,10H2,1-2H3/q+1/i8D2,10D2. The molecule has 0 spiro atoms. The Morgan fingerprint density at radius 3 is 2.50 bits per heavy atom. The van der Waals surface area contributed by atoms with E-state index >= 15 is 4.39 Å². The van der Waals surface area contributed by atoms with E-state index in [2.05, 4.69) is 0 Å². The molecular weight excluding hydrogens is 397 g/mol. The second-order valence-corrected chi connectivity index (χ2v) is 8.31. The van der Waals surface area contributed by atoms with Crippen LogP contribution in [0.4, 0.5) is 4.39 Å². The Kier molecular flexibility index (Phi) is 3.51. The van der Waals surface area contributed by atoms with Gasteiger partial charge >= 0.3 is 0 Å². The van der Waals surface area contributed by atoms with Crippen molar-refractivity contribution in [3.63, 3.8) is 0 Å². The largest absolute Gasteiger partial charge is 0.454 e. The van der Waals surface area contributed by atoms with E-state index < -0.39 is 18.6 Å². The van der Waals surface area contributed by atoms with Crippen molar-refractivity contribution in [2.24, 2.45) is 7.05 Å². The lowest BCUT2D eigenvalue weighted by atomic mass is 9.85. The van der Waals surface area contributed by atoms with Crippen LogP contribution in [0.15, 0.2) is 71.3 Å². The van der Waals surface area contributed by atoms with Crippen LogP contribution in [0.3, 0.4) is 0 Å². The Labute approximate surface area is 192 Å². The van der Waals surface area contributed by atoms with Gasteiger partial charge in [-0.3, -0.25) is 0 Å². The number of aryl methyl sites for hydroxylation is 3. The summed E-state index contributed by atoms with van der Waals surface area (Å²) in [4.78, 5) is 0. The molecule has 32 heavy (non-hydrogen) atoms. The van der Waals surface area contributed by atoms with E-state index in [1.54, 1.807) is 24.3 Å². The molecule has 0 N–H and O–H groups in total. The van der Waals surface area contributed by atoms with Gasteiger partial charge in [-0.2, -0.15) is 0 Å². The van der Waals surface area contributed by atoms with Crippen molar-refractivity contribution in [2.75, 3.05) is 0 Å². The predicted molar refractivity (Wildman–Crippen MR) is 127 cm³/mol. The number of nitrogens with zero attached hydrogens (tertiary/aromatic N) is 1. The van der Waals surface area contributed by atoms with Gasteiger partial charge in [0.2, 0.25) is 5.69 Å². The Hall–Kier alpha value is -3.46. The number of furan rings is 1. The molecule has 5 aromatic rings. The van der Waals surface area contributed by atoms with Crippen LogP contribution in [0.5, 0.6) is 0 Å². The van der Waals surface area contributed by atoms with Gasteiger partial charge in [-0.15, -0.1) is 0 Å². The molecule has 0 amide bonds. The number of halogens is 1. The maximum atomic E-state index is 15.6. The normalized spacial score (nSPS) is 18.6. The summed E-state index contributed by atoms with van der Waals surface area (Å²) in [6, 6.07) is 18.0. The van der Waals surface area contributed by atoms with E-state index in [0.29, 0.717) is 16.7 Å². The van der Waals surface area contributed by atoms with Crippen molar-refractivity contribution in [2.45, 2.75) is 32.5 Å². The first-order chi connectivity index (χ1) is 17.1. The van der Waals surface area contributed by atoms with E-state index in [0.717, 1.165) is 27.6 Å². The van der Waals surface area contributed by atoms with Gasteiger partial charge in [0.25, 0.3) is 0 Å². The minimum Gasteiger partial charge on any atom is -0.454 e.